The lowest BCUT2D eigenvalue weighted by atomic mass is 10.1. The van der Waals surface area contributed by atoms with E-state index >= 15 is 0 Å². The molecule has 2 heteroatoms. The zero-order valence-corrected chi connectivity index (χ0v) is 10.5. The Morgan fingerprint density at radius 3 is 2.21 bits per heavy atom. The average molecular weight is 200 g/mol. The van der Waals surface area contributed by atoms with Gasteiger partial charge in [0.25, 0.3) is 0 Å². The topological polar surface area (TPSA) is 15.3 Å². The van der Waals surface area contributed by atoms with E-state index in [1.165, 1.54) is 39.0 Å². The quantitative estimate of drug-likeness (QED) is 0.575. The number of rotatable bonds is 9. The van der Waals surface area contributed by atoms with Crippen molar-refractivity contribution in [3.63, 3.8) is 0 Å². The number of hydrogen-bond acceptors (Lipinski definition) is 2. The van der Waals surface area contributed by atoms with Crippen LogP contribution in [0.5, 0.6) is 0 Å². The van der Waals surface area contributed by atoms with E-state index in [1.54, 1.807) is 0 Å². The molecule has 0 aromatic carbocycles. The molecule has 0 unspecified atom stereocenters. The molecule has 0 atom stereocenters. The Hall–Kier alpha value is -0.0800. The Morgan fingerprint density at radius 2 is 1.71 bits per heavy atom. The highest BCUT2D eigenvalue weighted by Crippen LogP contribution is 2.01. The molecule has 0 radical (unpaired) electrons. The lowest BCUT2D eigenvalue weighted by Gasteiger charge is -2.18. The minimum atomic E-state index is 0.847. The summed E-state index contributed by atoms with van der Waals surface area (Å²) in [6.45, 7) is 14.9. The predicted molar refractivity (Wildman–Crippen MR) is 64.7 cm³/mol. The number of likely N-dealkylation sites (N-methyl/N-ethyl adjacent to an activating group) is 1. The van der Waals surface area contributed by atoms with Crippen molar-refractivity contribution < 1.29 is 0 Å². The third-order valence-electron chi connectivity index (χ3n) is 2.63. The SMILES string of the molecule is CCN(CC)CCNCCCC(C)C. The molecular formula is C12H28N2. The van der Waals surface area contributed by atoms with Gasteiger partial charge in [-0.3, -0.25) is 0 Å². The molecule has 14 heavy (non-hydrogen) atoms. The Labute approximate surface area is 90.1 Å². The summed E-state index contributed by atoms with van der Waals surface area (Å²) in [5.74, 6) is 0.847. The first-order valence-electron chi connectivity index (χ1n) is 6.13. The molecule has 0 aromatic heterocycles. The predicted octanol–water partition coefficient (Wildman–Crippen LogP) is 2.35. The summed E-state index contributed by atoms with van der Waals surface area (Å²) in [4.78, 5) is 2.45. The fourth-order valence-corrected chi connectivity index (χ4v) is 1.54. The molecule has 2 nitrogen and oxygen atoms in total. The van der Waals surface area contributed by atoms with Gasteiger partial charge in [0, 0.05) is 13.1 Å². The van der Waals surface area contributed by atoms with Crippen molar-refractivity contribution in [2.75, 3.05) is 32.7 Å². The van der Waals surface area contributed by atoms with Crippen molar-refractivity contribution in [1.82, 2.24) is 10.2 Å². The van der Waals surface area contributed by atoms with Gasteiger partial charge >= 0.3 is 0 Å². The van der Waals surface area contributed by atoms with E-state index in [9.17, 15) is 0 Å². The first kappa shape index (κ1) is 13.9. The minimum Gasteiger partial charge on any atom is -0.315 e. The highest BCUT2D eigenvalue weighted by atomic mass is 15.1. The van der Waals surface area contributed by atoms with Crippen LogP contribution < -0.4 is 5.32 Å². The third kappa shape index (κ3) is 8.52. The van der Waals surface area contributed by atoms with Gasteiger partial charge in [0.1, 0.15) is 0 Å². The summed E-state index contributed by atoms with van der Waals surface area (Å²) in [7, 11) is 0. The zero-order chi connectivity index (χ0) is 10.8. The average Bonchev–Trinajstić information content (AvgIpc) is 2.16. The summed E-state index contributed by atoms with van der Waals surface area (Å²) in [6.07, 6.45) is 2.66. The van der Waals surface area contributed by atoms with Crippen LogP contribution in [-0.2, 0) is 0 Å². The molecule has 0 amide bonds. The first-order valence-corrected chi connectivity index (χ1v) is 6.13. The van der Waals surface area contributed by atoms with Crippen LogP contribution in [0.4, 0.5) is 0 Å². The highest BCUT2D eigenvalue weighted by Gasteiger charge is 1.97. The molecule has 0 aliphatic heterocycles. The molecule has 0 aliphatic carbocycles. The van der Waals surface area contributed by atoms with Crippen molar-refractivity contribution in [3.05, 3.63) is 0 Å². The van der Waals surface area contributed by atoms with Crippen LogP contribution in [-0.4, -0.2) is 37.6 Å². The monoisotopic (exact) mass is 200 g/mol. The fraction of sp³-hybridized carbons (Fsp3) is 1.00. The van der Waals surface area contributed by atoms with Gasteiger partial charge in [0.05, 0.1) is 0 Å². The second kappa shape index (κ2) is 9.47. The highest BCUT2D eigenvalue weighted by molar-refractivity contribution is 4.56. The summed E-state index contributed by atoms with van der Waals surface area (Å²) in [6, 6.07) is 0. The molecule has 0 aromatic rings. The normalized spacial score (nSPS) is 11.6. The first-order chi connectivity index (χ1) is 6.70. The molecule has 1 N–H and O–H groups in total. The van der Waals surface area contributed by atoms with Gasteiger partial charge in [-0.2, -0.15) is 0 Å². The summed E-state index contributed by atoms with van der Waals surface area (Å²) in [5.41, 5.74) is 0. The Kier molecular flexibility index (Phi) is 9.42. The van der Waals surface area contributed by atoms with Gasteiger partial charge < -0.3 is 10.2 Å². The molecule has 0 fully saturated rings. The van der Waals surface area contributed by atoms with Crippen LogP contribution >= 0.6 is 0 Å². The summed E-state index contributed by atoms with van der Waals surface area (Å²) in [5, 5.41) is 3.50. The van der Waals surface area contributed by atoms with Crippen LogP contribution in [0.25, 0.3) is 0 Å². The maximum Gasteiger partial charge on any atom is 0.0107 e. The largest absolute Gasteiger partial charge is 0.315 e. The standard InChI is InChI=1S/C12H28N2/c1-5-14(6-2)11-10-13-9-7-8-12(3)4/h12-13H,5-11H2,1-4H3. The second-order valence-corrected chi connectivity index (χ2v) is 4.31. The van der Waals surface area contributed by atoms with Gasteiger partial charge in [-0.05, 0) is 38.4 Å². The maximum absolute atomic E-state index is 3.50. The lowest BCUT2D eigenvalue weighted by molar-refractivity contribution is 0.302. The van der Waals surface area contributed by atoms with Crippen LogP contribution in [0.15, 0.2) is 0 Å². The van der Waals surface area contributed by atoms with Gasteiger partial charge in [-0.25, -0.2) is 0 Å². The maximum atomic E-state index is 3.50. The van der Waals surface area contributed by atoms with Crippen molar-refractivity contribution in [1.29, 1.82) is 0 Å². The van der Waals surface area contributed by atoms with E-state index in [2.05, 4.69) is 37.9 Å². The number of nitrogens with one attached hydrogen (secondary N) is 1. The molecule has 0 saturated heterocycles. The van der Waals surface area contributed by atoms with Crippen LogP contribution in [0.2, 0.25) is 0 Å². The molecule has 0 aliphatic rings. The van der Waals surface area contributed by atoms with Crippen molar-refractivity contribution in [2.24, 2.45) is 5.92 Å². The fourth-order valence-electron chi connectivity index (χ4n) is 1.54. The number of hydrogen-bond donors (Lipinski definition) is 1. The zero-order valence-electron chi connectivity index (χ0n) is 10.5. The van der Waals surface area contributed by atoms with Crippen LogP contribution in [0, 0.1) is 5.92 Å². The Bertz CT molecular complexity index is 109. The van der Waals surface area contributed by atoms with Crippen LogP contribution in [0.3, 0.4) is 0 Å². The Balaban J connectivity index is 3.12. The van der Waals surface area contributed by atoms with Crippen molar-refractivity contribution >= 4 is 0 Å². The van der Waals surface area contributed by atoms with E-state index in [4.69, 9.17) is 0 Å². The van der Waals surface area contributed by atoms with E-state index in [1.807, 2.05) is 0 Å². The van der Waals surface area contributed by atoms with E-state index < -0.39 is 0 Å². The third-order valence-corrected chi connectivity index (χ3v) is 2.63. The molecule has 0 heterocycles. The van der Waals surface area contributed by atoms with E-state index in [-0.39, 0.29) is 0 Å². The van der Waals surface area contributed by atoms with E-state index in [0.29, 0.717) is 0 Å². The van der Waals surface area contributed by atoms with Gasteiger partial charge in [-0.15, -0.1) is 0 Å². The molecule has 86 valence electrons. The van der Waals surface area contributed by atoms with Crippen LogP contribution in [0.1, 0.15) is 40.5 Å². The van der Waals surface area contributed by atoms with Gasteiger partial charge in [0.2, 0.25) is 0 Å². The minimum absolute atomic E-state index is 0.847. The molecule has 0 saturated carbocycles. The van der Waals surface area contributed by atoms with E-state index in [0.717, 1.165) is 12.5 Å². The van der Waals surface area contributed by atoms with Gasteiger partial charge in [0.15, 0.2) is 0 Å². The van der Waals surface area contributed by atoms with Gasteiger partial charge in [-0.1, -0.05) is 27.7 Å². The number of nitrogens with zero attached hydrogens (tertiary/aromatic N) is 1. The molecule has 0 rings (SSSR count). The molecular weight excluding hydrogens is 172 g/mol. The van der Waals surface area contributed by atoms with Crippen molar-refractivity contribution in [3.8, 4) is 0 Å². The Morgan fingerprint density at radius 1 is 1.07 bits per heavy atom. The smallest absolute Gasteiger partial charge is 0.0107 e. The second-order valence-electron chi connectivity index (χ2n) is 4.31. The lowest BCUT2D eigenvalue weighted by Crippen LogP contribution is -2.32. The molecule has 0 bridgehead atoms. The molecule has 0 spiro atoms. The summed E-state index contributed by atoms with van der Waals surface area (Å²) < 4.78 is 0. The van der Waals surface area contributed by atoms with Crippen molar-refractivity contribution in [2.45, 2.75) is 40.5 Å². The summed E-state index contributed by atoms with van der Waals surface area (Å²) >= 11 is 0.